The SMILES string of the molecule is Cc1cc(C)c(NC(=O)CNC(=O)Cn2cnc(C#N)n2)c(C)c1. The standard InChI is InChI=1S/C16H18N6O2/c1-10-4-11(2)16(12(3)5-10)20-14(23)7-18-15(24)8-22-9-19-13(6-17)21-22/h4-5,9H,7-8H2,1-3H3,(H,18,24)(H,20,23). The number of nitrogens with one attached hydrogen (secondary N) is 2. The normalized spacial score (nSPS) is 10.1. The Kier molecular flexibility index (Phi) is 5.27. The molecule has 0 aliphatic carbocycles. The number of nitriles is 1. The van der Waals surface area contributed by atoms with Crippen LogP contribution < -0.4 is 10.6 Å². The molecule has 0 unspecified atom stereocenters. The molecule has 2 rings (SSSR count). The largest absolute Gasteiger partial charge is 0.345 e. The molecule has 8 heteroatoms. The quantitative estimate of drug-likeness (QED) is 0.845. The summed E-state index contributed by atoms with van der Waals surface area (Å²) in [4.78, 5) is 27.5. The van der Waals surface area contributed by atoms with E-state index in [0.29, 0.717) is 0 Å². The van der Waals surface area contributed by atoms with Gasteiger partial charge < -0.3 is 10.6 Å². The molecule has 2 N–H and O–H groups in total. The lowest BCUT2D eigenvalue weighted by atomic mass is 10.1. The number of benzene rings is 1. The number of anilines is 1. The van der Waals surface area contributed by atoms with Crippen LogP contribution in [-0.2, 0) is 16.1 Å². The fourth-order valence-electron chi connectivity index (χ4n) is 2.36. The zero-order chi connectivity index (χ0) is 17.7. The molecule has 0 radical (unpaired) electrons. The molecule has 2 amide bonds. The minimum atomic E-state index is -0.392. The van der Waals surface area contributed by atoms with E-state index in [2.05, 4.69) is 20.7 Å². The van der Waals surface area contributed by atoms with Crippen LogP contribution in [0.3, 0.4) is 0 Å². The maximum Gasteiger partial charge on any atom is 0.252 e. The van der Waals surface area contributed by atoms with E-state index in [-0.39, 0.29) is 24.8 Å². The van der Waals surface area contributed by atoms with E-state index < -0.39 is 5.91 Å². The first-order valence-electron chi connectivity index (χ1n) is 7.33. The van der Waals surface area contributed by atoms with E-state index in [4.69, 9.17) is 5.26 Å². The van der Waals surface area contributed by atoms with Crippen LogP contribution in [0.15, 0.2) is 18.5 Å². The molecule has 0 saturated heterocycles. The van der Waals surface area contributed by atoms with Gasteiger partial charge in [-0.05, 0) is 31.9 Å². The van der Waals surface area contributed by atoms with Crippen LogP contribution in [0.2, 0.25) is 0 Å². The van der Waals surface area contributed by atoms with Crippen LogP contribution in [0.25, 0.3) is 0 Å². The lowest BCUT2D eigenvalue weighted by molar-refractivity contribution is -0.124. The number of nitrogens with zero attached hydrogens (tertiary/aromatic N) is 4. The number of carbonyl (C=O) groups excluding carboxylic acids is 2. The van der Waals surface area contributed by atoms with Crippen molar-refractivity contribution >= 4 is 17.5 Å². The Morgan fingerprint density at radius 2 is 1.88 bits per heavy atom. The van der Waals surface area contributed by atoms with Crippen molar-refractivity contribution in [1.82, 2.24) is 20.1 Å². The van der Waals surface area contributed by atoms with Gasteiger partial charge in [0, 0.05) is 5.69 Å². The molecule has 1 heterocycles. The fourth-order valence-corrected chi connectivity index (χ4v) is 2.36. The van der Waals surface area contributed by atoms with E-state index in [9.17, 15) is 9.59 Å². The number of rotatable bonds is 5. The molecule has 0 aliphatic rings. The van der Waals surface area contributed by atoms with Gasteiger partial charge in [-0.25, -0.2) is 9.67 Å². The average molecular weight is 326 g/mol. The molecule has 8 nitrogen and oxygen atoms in total. The summed E-state index contributed by atoms with van der Waals surface area (Å²) in [5.74, 6) is -0.711. The molecule has 1 aromatic carbocycles. The second-order valence-corrected chi connectivity index (χ2v) is 5.48. The van der Waals surface area contributed by atoms with Gasteiger partial charge in [-0.1, -0.05) is 17.7 Å². The molecule has 24 heavy (non-hydrogen) atoms. The molecule has 0 fully saturated rings. The zero-order valence-corrected chi connectivity index (χ0v) is 13.8. The first-order chi connectivity index (χ1) is 11.4. The minimum absolute atomic E-state index is 0.00846. The van der Waals surface area contributed by atoms with Gasteiger partial charge in [-0.3, -0.25) is 9.59 Å². The molecule has 0 saturated carbocycles. The number of aromatic nitrogens is 3. The number of carbonyl (C=O) groups is 2. The summed E-state index contributed by atoms with van der Waals surface area (Å²) in [6, 6.07) is 5.74. The number of amides is 2. The summed E-state index contributed by atoms with van der Waals surface area (Å²) in [5, 5.41) is 17.7. The van der Waals surface area contributed by atoms with Gasteiger partial charge in [0.25, 0.3) is 5.82 Å². The van der Waals surface area contributed by atoms with Crippen LogP contribution in [0.5, 0.6) is 0 Å². The molecular formula is C16H18N6O2. The number of aryl methyl sites for hydroxylation is 3. The Morgan fingerprint density at radius 3 is 2.46 bits per heavy atom. The van der Waals surface area contributed by atoms with Gasteiger partial charge in [0.15, 0.2) is 0 Å². The second-order valence-electron chi connectivity index (χ2n) is 5.48. The Balaban J connectivity index is 1.87. The Labute approximate surface area is 139 Å². The Hall–Kier alpha value is -3.21. The topological polar surface area (TPSA) is 113 Å². The summed E-state index contributed by atoms with van der Waals surface area (Å²) < 4.78 is 1.24. The van der Waals surface area contributed by atoms with Crippen molar-refractivity contribution in [3.05, 3.63) is 41.0 Å². The highest BCUT2D eigenvalue weighted by Crippen LogP contribution is 2.21. The number of hydrogen-bond donors (Lipinski definition) is 2. The molecule has 0 aliphatic heterocycles. The predicted molar refractivity (Wildman–Crippen MR) is 87.0 cm³/mol. The molecule has 0 atom stereocenters. The predicted octanol–water partition coefficient (Wildman–Crippen LogP) is 0.830. The minimum Gasteiger partial charge on any atom is -0.345 e. The van der Waals surface area contributed by atoms with Crippen molar-refractivity contribution in [2.24, 2.45) is 0 Å². The van der Waals surface area contributed by atoms with Gasteiger partial charge in [-0.2, -0.15) is 5.26 Å². The maximum absolute atomic E-state index is 12.0. The van der Waals surface area contributed by atoms with Crippen LogP contribution in [0.4, 0.5) is 5.69 Å². The molecule has 2 aromatic rings. The Bertz CT molecular complexity index is 795. The first kappa shape index (κ1) is 17.1. The van der Waals surface area contributed by atoms with Crippen molar-refractivity contribution in [3.8, 4) is 6.07 Å². The van der Waals surface area contributed by atoms with Gasteiger partial charge >= 0.3 is 0 Å². The monoisotopic (exact) mass is 326 g/mol. The van der Waals surface area contributed by atoms with E-state index in [1.54, 1.807) is 6.07 Å². The van der Waals surface area contributed by atoms with Crippen molar-refractivity contribution in [2.75, 3.05) is 11.9 Å². The van der Waals surface area contributed by atoms with E-state index >= 15 is 0 Å². The summed E-state index contributed by atoms with van der Waals surface area (Å²) in [6.45, 7) is 5.58. The highest BCUT2D eigenvalue weighted by Gasteiger charge is 2.11. The summed E-state index contributed by atoms with van der Waals surface area (Å²) in [6.07, 6.45) is 1.29. The van der Waals surface area contributed by atoms with Gasteiger partial charge in [0.1, 0.15) is 18.9 Å². The zero-order valence-electron chi connectivity index (χ0n) is 13.8. The van der Waals surface area contributed by atoms with Crippen molar-refractivity contribution < 1.29 is 9.59 Å². The second kappa shape index (κ2) is 7.37. The number of hydrogen-bond acceptors (Lipinski definition) is 5. The summed E-state index contributed by atoms with van der Waals surface area (Å²) >= 11 is 0. The highest BCUT2D eigenvalue weighted by molar-refractivity contribution is 5.95. The van der Waals surface area contributed by atoms with Gasteiger partial charge in [-0.15, -0.1) is 5.10 Å². The lowest BCUT2D eigenvalue weighted by Crippen LogP contribution is -2.35. The third-order valence-corrected chi connectivity index (χ3v) is 3.33. The molecule has 124 valence electrons. The van der Waals surface area contributed by atoms with E-state index in [1.807, 2.05) is 32.9 Å². The van der Waals surface area contributed by atoms with Crippen LogP contribution in [0.1, 0.15) is 22.5 Å². The van der Waals surface area contributed by atoms with Crippen molar-refractivity contribution in [3.63, 3.8) is 0 Å². The molecular weight excluding hydrogens is 308 g/mol. The molecule has 1 aromatic heterocycles. The first-order valence-corrected chi connectivity index (χ1v) is 7.33. The van der Waals surface area contributed by atoms with Crippen LogP contribution in [-0.4, -0.2) is 33.1 Å². The third kappa shape index (κ3) is 4.39. The van der Waals surface area contributed by atoms with Crippen molar-refractivity contribution in [2.45, 2.75) is 27.3 Å². The van der Waals surface area contributed by atoms with Crippen LogP contribution in [0, 0.1) is 32.1 Å². The van der Waals surface area contributed by atoms with Gasteiger partial charge in [0.05, 0.1) is 6.54 Å². The van der Waals surface area contributed by atoms with E-state index in [0.717, 1.165) is 22.4 Å². The Morgan fingerprint density at radius 1 is 1.21 bits per heavy atom. The average Bonchev–Trinajstić information content (AvgIpc) is 2.96. The molecule has 0 bridgehead atoms. The molecule has 0 spiro atoms. The maximum atomic E-state index is 12.0. The summed E-state index contributed by atoms with van der Waals surface area (Å²) in [5.41, 5.74) is 3.83. The highest BCUT2D eigenvalue weighted by atomic mass is 16.2. The summed E-state index contributed by atoms with van der Waals surface area (Å²) in [7, 11) is 0. The fraction of sp³-hybridized carbons (Fsp3) is 0.312. The van der Waals surface area contributed by atoms with Gasteiger partial charge in [0.2, 0.25) is 11.8 Å². The van der Waals surface area contributed by atoms with Crippen molar-refractivity contribution in [1.29, 1.82) is 5.26 Å². The smallest absolute Gasteiger partial charge is 0.252 e. The van der Waals surface area contributed by atoms with Crippen LogP contribution >= 0.6 is 0 Å². The van der Waals surface area contributed by atoms with E-state index in [1.165, 1.54) is 11.0 Å². The third-order valence-electron chi connectivity index (χ3n) is 3.33. The lowest BCUT2D eigenvalue weighted by Gasteiger charge is -2.13.